The summed E-state index contributed by atoms with van der Waals surface area (Å²) >= 11 is 0. The van der Waals surface area contributed by atoms with E-state index in [0.29, 0.717) is 0 Å². The summed E-state index contributed by atoms with van der Waals surface area (Å²) in [6.45, 7) is 4.30. The number of carbonyl (C=O) groups is 2. The molecule has 2 rings (SSSR count). The predicted molar refractivity (Wildman–Crippen MR) is 75.9 cm³/mol. The monoisotopic (exact) mass is 286 g/mol. The number of rotatable bonds is 4. The summed E-state index contributed by atoms with van der Waals surface area (Å²) in [7, 11) is 0. The maximum absolute atomic E-state index is 10.2. The van der Waals surface area contributed by atoms with Gasteiger partial charge in [0.05, 0.1) is 13.1 Å². The zero-order valence-corrected chi connectivity index (χ0v) is 12.1. The number of carboxylic acids is 2. The Kier molecular flexibility index (Phi) is 8.22. The number of aliphatic carboxylic acids is 2. The number of piperidine rings is 2. The van der Waals surface area contributed by atoms with Crippen molar-refractivity contribution < 1.29 is 19.8 Å². The molecular formula is C14H26N2O4. The summed E-state index contributed by atoms with van der Waals surface area (Å²) < 4.78 is 0. The Labute approximate surface area is 120 Å². The van der Waals surface area contributed by atoms with Crippen LogP contribution in [-0.4, -0.2) is 71.2 Å². The molecule has 0 saturated carbocycles. The van der Waals surface area contributed by atoms with Crippen LogP contribution >= 0.6 is 0 Å². The van der Waals surface area contributed by atoms with Crippen molar-refractivity contribution in [3.8, 4) is 0 Å². The van der Waals surface area contributed by atoms with Gasteiger partial charge in [-0.05, 0) is 51.9 Å². The maximum Gasteiger partial charge on any atom is 0.317 e. The van der Waals surface area contributed by atoms with Gasteiger partial charge in [-0.3, -0.25) is 19.4 Å². The normalized spacial score (nSPS) is 20.8. The van der Waals surface area contributed by atoms with Gasteiger partial charge in [-0.2, -0.15) is 0 Å². The van der Waals surface area contributed by atoms with Crippen LogP contribution in [0.4, 0.5) is 0 Å². The molecule has 116 valence electrons. The van der Waals surface area contributed by atoms with E-state index in [2.05, 4.69) is 0 Å². The van der Waals surface area contributed by atoms with Crippen molar-refractivity contribution >= 4 is 11.9 Å². The van der Waals surface area contributed by atoms with Crippen molar-refractivity contribution in [3.63, 3.8) is 0 Å². The quantitative estimate of drug-likeness (QED) is 0.806. The van der Waals surface area contributed by atoms with Gasteiger partial charge in [-0.15, -0.1) is 0 Å². The molecule has 0 amide bonds. The van der Waals surface area contributed by atoms with Crippen molar-refractivity contribution in [2.24, 2.45) is 0 Å². The van der Waals surface area contributed by atoms with E-state index in [0.717, 1.165) is 51.9 Å². The molecule has 0 radical (unpaired) electrons. The third-order valence-corrected chi connectivity index (χ3v) is 3.62. The minimum Gasteiger partial charge on any atom is -0.480 e. The Hall–Kier alpha value is -1.14. The predicted octanol–water partition coefficient (Wildman–Crippen LogP) is 1.11. The Morgan fingerprint density at radius 3 is 1.20 bits per heavy atom. The highest BCUT2D eigenvalue weighted by Gasteiger charge is 2.12. The molecule has 6 heteroatoms. The van der Waals surface area contributed by atoms with Crippen molar-refractivity contribution in [2.75, 3.05) is 39.3 Å². The van der Waals surface area contributed by atoms with Crippen LogP contribution in [-0.2, 0) is 9.59 Å². The van der Waals surface area contributed by atoms with Crippen molar-refractivity contribution in [1.82, 2.24) is 9.80 Å². The van der Waals surface area contributed by atoms with Crippen LogP contribution in [0.1, 0.15) is 38.5 Å². The van der Waals surface area contributed by atoms with E-state index in [1.54, 1.807) is 0 Å². The molecule has 2 aliphatic rings. The van der Waals surface area contributed by atoms with Crippen LogP contribution in [0.5, 0.6) is 0 Å². The van der Waals surface area contributed by atoms with Gasteiger partial charge in [0.15, 0.2) is 0 Å². The van der Waals surface area contributed by atoms with Gasteiger partial charge in [0, 0.05) is 0 Å². The molecule has 0 aromatic heterocycles. The molecule has 2 aliphatic heterocycles. The summed E-state index contributed by atoms with van der Waals surface area (Å²) in [6, 6.07) is 0. The topological polar surface area (TPSA) is 81.1 Å². The molecule has 0 bridgehead atoms. The minimum absolute atomic E-state index is 0.222. The lowest BCUT2D eigenvalue weighted by atomic mass is 10.1. The fraction of sp³-hybridized carbons (Fsp3) is 0.857. The highest BCUT2D eigenvalue weighted by molar-refractivity contribution is 5.69. The van der Waals surface area contributed by atoms with Crippen LogP contribution in [0, 0.1) is 0 Å². The second-order valence-corrected chi connectivity index (χ2v) is 5.46. The lowest BCUT2D eigenvalue weighted by molar-refractivity contribution is -0.139. The Morgan fingerprint density at radius 2 is 0.950 bits per heavy atom. The third kappa shape index (κ3) is 8.12. The molecule has 0 unspecified atom stereocenters. The van der Waals surface area contributed by atoms with Gasteiger partial charge < -0.3 is 10.2 Å². The van der Waals surface area contributed by atoms with E-state index in [1.165, 1.54) is 12.8 Å². The molecule has 0 aromatic carbocycles. The molecule has 0 spiro atoms. The zero-order chi connectivity index (χ0) is 14.8. The molecule has 0 atom stereocenters. The molecule has 2 N–H and O–H groups in total. The number of likely N-dealkylation sites (tertiary alicyclic amines) is 2. The first-order valence-electron chi connectivity index (χ1n) is 7.46. The summed E-state index contributed by atoms with van der Waals surface area (Å²) in [4.78, 5) is 24.4. The van der Waals surface area contributed by atoms with Crippen molar-refractivity contribution in [2.45, 2.75) is 38.5 Å². The number of nitrogens with zero attached hydrogens (tertiary/aromatic N) is 2. The first-order chi connectivity index (χ1) is 9.58. The molecule has 0 aliphatic carbocycles. The zero-order valence-electron chi connectivity index (χ0n) is 12.1. The van der Waals surface area contributed by atoms with Gasteiger partial charge in [0.2, 0.25) is 0 Å². The van der Waals surface area contributed by atoms with Crippen molar-refractivity contribution in [1.29, 1.82) is 0 Å². The first-order valence-corrected chi connectivity index (χ1v) is 7.46. The fourth-order valence-corrected chi connectivity index (χ4v) is 2.62. The van der Waals surface area contributed by atoms with Crippen LogP contribution in [0.3, 0.4) is 0 Å². The molecule has 20 heavy (non-hydrogen) atoms. The number of carboxylic acid groups (broad SMARTS) is 2. The fourth-order valence-electron chi connectivity index (χ4n) is 2.62. The van der Waals surface area contributed by atoms with E-state index in [4.69, 9.17) is 10.2 Å². The van der Waals surface area contributed by atoms with E-state index < -0.39 is 11.9 Å². The van der Waals surface area contributed by atoms with Crippen LogP contribution in [0.15, 0.2) is 0 Å². The Morgan fingerprint density at radius 1 is 0.650 bits per heavy atom. The number of hydrogen-bond donors (Lipinski definition) is 2. The summed E-state index contributed by atoms with van der Waals surface area (Å²) in [5.74, 6) is -1.41. The Bertz CT molecular complexity index is 268. The standard InChI is InChI=1S/2C7H13NO2/c2*9-7(10)6-8-4-2-1-3-5-8/h2*1-6H2,(H,9,10). The molecule has 2 saturated heterocycles. The van der Waals surface area contributed by atoms with Gasteiger partial charge in [0.1, 0.15) is 0 Å². The third-order valence-electron chi connectivity index (χ3n) is 3.62. The van der Waals surface area contributed by atoms with Gasteiger partial charge in [0.25, 0.3) is 0 Å². The van der Waals surface area contributed by atoms with Crippen LogP contribution in [0.2, 0.25) is 0 Å². The molecule has 2 fully saturated rings. The SMILES string of the molecule is O=C(O)CN1CCCCC1.O=C(O)CN1CCCCC1. The largest absolute Gasteiger partial charge is 0.480 e. The maximum atomic E-state index is 10.2. The van der Waals surface area contributed by atoms with E-state index in [9.17, 15) is 9.59 Å². The van der Waals surface area contributed by atoms with E-state index >= 15 is 0 Å². The highest BCUT2D eigenvalue weighted by Crippen LogP contribution is 2.07. The average molecular weight is 286 g/mol. The van der Waals surface area contributed by atoms with Crippen LogP contribution in [0.25, 0.3) is 0 Å². The lowest BCUT2D eigenvalue weighted by Crippen LogP contribution is -2.34. The lowest BCUT2D eigenvalue weighted by Gasteiger charge is -2.24. The summed E-state index contributed by atoms with van der Waals surface area (Å²) in [5.41, 5.74) is 0. The average Bonchev–Trinajstić information content (AvgIpc) is 2.40. The molecule has 0 aromatic rings. The second-order valence-electron chi connectivity index (χ2n) is 5.46. The smallest absolute Gasteiger partial charge is 0.317 e. The molecular weight excluding hydrogens is 260 g/mol. The molecule has 6 nitrogen and oxygen atoms in total. The summed E-state index contributed by atoms with van der Waals surface area (Å²) in [6.07, 6.45) is 7.16. The Balaban J connectivity index is 0.000000200. The van der Waals surface area contributed by atoms with Gasteiger partial charge in [-0.25, -0.2) is 0 Å². The molecule has 2 heterocycles. The minimum atomic E-state index is -0.707. The summed E-state index contributed by atoms with van der Waals surface area (Å²) in [5, 5.41) is 16.8. The van der Waals surface area contributed by atoms with Gasteiger partial charge in [-0.1, -0.05) is 12.8 Å². The van der Waals surface area contributed by atoms with Crippen LogP contribution < -0.4 is 0 Å². The van der Waals surface area contributed by atoms with E-state index in [-0.39, 0.29) is 13.1 Å². The van der Waals surface area contributed by atoms with Crippen molar-refractivity contribution in [3.05, 3.63) is 0 Å². The highest BCUT2D eigenvalue weighted by atomic mass is 16.4. The van der Waals surface area contributed by atoms with Gasteiger partial charge >= 0.3 is 11.9 Å². The van der Waals surface area contributed by atoms with E-state index in [1.807, 2.05) is 9.80 Å². The number of hydrogen-bond acceptors (Lipinski definition) is 4. The first kappa shape index (κ1) is 16.9. The second kappa shape index (κ2) is 9.72.